The monoisotopic (exact) mass is 382 g/mol. The van der Waals surface area contributed by atoms with Gasteiger partial charge in [-0.1, -0.05) is 18.2 Å². The van der Waals surface area contributed by atoms with Crippen LogP contribution >= 0.6 is 0 Å². The first kappa shape index (κ1) is 18.7. The lowest BCUT2D eigenvalue weighted by atomic mass is 9.96. The molecule has 2 aliphatic rings. The van der Waals surface area contributed by atoms with Gasteiger partial charge in [0, 0.05) is 44.6 Å². The van der Waals surface area contributed by atoms with Crippen LogP contribution in [0.15, 0.2) is 42.7 Å². The third-order valence-electron chi connectivity index (χ3n) is 5.30. The molecule has 1 atom stereocenters. The summed E-state index contributed by atoms with van der Waals surface area (Å²) >= 11 is 0. The molecule has 28 heavy (non-hydrogen) atoms. The van der Waals surface area contributed by atoms with Crippen molar-refractivity contribution in [3.63, 3.8) is 0 Å². The molecule has 0 bridgehead atoms. The van der Waals surface area contributed by atoms with Crippen LogP contribution in [-0.2, 0) is 9.53 Å². The van der Waals surface area contributed by atoms with Crippen molar-refractivity contribution < 1.29 is 14.3 Å². The third kappa shape index (κ3) is 4.59. The molecule has 7 heteroatoms. The first-order chi connectivity index (χ1) is 13.8. The Labute approximate surface area is 165 Å². The fourth-order valence-corrected chi connectivity index (χ4v) is 3.72. The van der Waals surface area contributed by atoms with Gasteiger partial charge in [-0.25, -0.2) is 9.97 Å². The van der Waals surface area contributed by atoms with E-state index in [1.54, 1.807) is 12.4 Å². The zero-order valence-corrected chi connectivity index (χ0v) is 15.9. The molecule has 1 aromatic carbocycles. The predicted molar refractivity (Wildman–Crippen MR) is 105 cm³/mol. The summed E-state index contributed by atoms with van der Waals surface area (Å²) in [4.78, 5) is 23.5. The van der Waals surface area contributed by atoms with Crippen LogP contribution < -0.4 is 15.0 Å². The smallest absolute Gasteiger partial charge is 0.263 e. The molecule has 2 fully saturated rings. The second-order valence-corrected chi connectivity index (χ2v) is 7.24. The second-order valence-electron chi connectivity index (χ2n) is 7.24. The minimum atomic E-state index is 0.0350. The summed E-state index contributed by atoms with van der Waals surface area (Å²) in [5.41, 5.74) is 0. The summed E-state index contributed by atoms with van der Waals surface area (Å²) < 4.78 is 11.5. The van der Waals surface area contributed by atoms with E-state index in [0.717, 1.165) is 56.9 Å². The summed E-state index contributed by atoms with van der Waals surface area (Å²) in [6.07, 6.45) is 7.19. The van der Waals surface area contributed by atoms with E-state index in [4.69, 9.17) is 9.47 Å². The van der Waals surface area contributed by atoms with E-state index < -0.39 is 0 Å². The highest BCUT2D eigenvalue weighted by Gasteiger charge is 2.28. The quantitative estimate of drug-likeness (QED) is 0.828. The lowest BCUT2D eigenvalue weighted by molar-refractivity contribution is -0.126. The average molecular weight is 382 g/mol. The molecule has 0 radical (unpaired) electrons. The Bertz CT molecular complexity index is 772. The number of nitrogens with zero attached hydrogens (tertiary/aromatic N) is 3. The Hall–Kier alpha value is -2.67. The van der Waals surface area contributed by atoms with Crippen molar-refractivity contribution in [3.05, 3.63) is 42.7 Å². The number of carbonyl (C=O) groups is 1. The van der Waals surface area contributed by atoms with E-state index >= 15 is 0 Å². The standard InChI is InChI=1S/C21H26N4O3/c26-20(24-15-18-7-4-14-27-18)16-8-12-25(13-9-16)19-21(23-11-10-22-19)28-17-5-2-1-3-6-17/h1-3,5-6,10-11,16,18H,4,7-9,12-15H2,(H,24,26). The van der Waals surface area contributed by atoms with Crippen LogP contribution in [0.2, 0.25) is 0 Å². The molecule has 4 rings (SSSR count). The van der Waals surface area contributed by atoms with Gasteiger partial charge in [0.2, 0.25) is 5.91 Å². The van der Waals surface area contributed by atoms with Gasteiger partial charge in [-0.2, -0.15) is 0 Å². The fraction of sp³-hybridized carbons (Fsp3) is 0.476. The lowest BCUT2D eigenvalue weighted by Gasteiger charge is -2.32. The van der Waals surface area contributed by atoms with Gasteiger partial charge in [-0.3, -0.25) is 4.79 Å². The second kappa shape index (κ2) is 9.01. The van der Waals surface area contributed by atoms with E-state index in [2.05, 4.69) is 20.2 Å². The molecule has 7 nitrogen and oxygen atoms in total. The zero-order valence-electron chi connectivity index (χ0n) is 15.9. The predicted octanol–water partition coefficient (Wildman–Crippen LogP) is 2.78. The molecule has 0 spiro atoms. The highest BCUT2D eigenvalue weighted by atomic mass is 16.5. The molecule has 0 saturated carbocycles. The van der Waals surface area contributed by atoms with E-state index in [1.165, 1.54) is 0 Å². The number of para-hydroxylation sites is 1. The minimum absolute atomic E-state index is 0.0350. The maximum absolute atomic E-state index is 12.5. The molecular formula is C21H26N4O3. The van der Waals surface area contributed by atoms with Gasteiger partial charge in [-0.15, -0.1) is 0 Å². The molecule has 1 unspecified atom stereocenters. The Morgan fingerprint density at radius 3 is 2.68 bits per heavy atom. The number of benzene rings is 1. The van der Waals surface area contributed by atoms with Crippen LogP contribution in [0, 0.1) is 5.92 Å². The van der Waals surface area contributed by atoms with Crippen molar-refractivity contribution in [3.8, 4) is 11.6 Å². The van der Waals surface area contributed by atoms with Crippen LogP contribution in [0.3, 0.4) is 0 Å². The maximum atomic E-state index is 12.5. The fourth-order valence-electron chi connectivity index (χ4n) is 3.72. The molecule has 1 aromatic heterocycles. The highest BCUT2D eigenvalue weighted by Crippen LogP contribution is 2.30. The van der Waals surface area contributed by atoms with Crippen molar-refractivity contribution in [1.82, 2.24) is 15.3 Å². The Morgan fingerprint density at radius 1 is 1.14 bits per heavy atom. The molecule has 2 aliphatic heterocycles. The number of aromatic nitrogens is 2. The first-order valence-corrected chi connectivity index (χ1v) is 9.98. The van der Waals surface area contributed by atoms with Gasteiger partial charge in [0.05, 0.1) is 6.10 Å². The number of anilines is 1. The average Bonchev–Trinajstić information content (AvgIpc) is 3.27. The van der Waals surface area contributed by atoms with Crippen molar-refractivity contribution in [1.29, 1.82) is 0 Å². The summed E-state index contributed by atoms with van der Waals surface area (Å²) in [6, 6.07) is 9.57. The number of rotatable bonds is 6. The van der Waals surface area contributed by atoms with Crippen LogP contribution in [0.4, 0.5) is 5.82 Å². The number of piperidine rings is 1. The summed E-state index contributed by atoms with van der Waals surface area (Å²) in [5, 5.41) is 3.06. The van der Waals surface area contributed by atoms with Crippen molar-refractivity contribution >= 4 is 11.7 Å². The van der Waals surface area contributed by atoms with Gasteiger partial charge >= 0.3 is 0 Å². The van der Waals surface area contributed by atoms with Crippen LogP contribution in [0.25, 0.3) is 0 Å². The number of carbonyl (C=O) groups excluding carboxylic acids is 1. The van der Waals surface area contributed by atoms with E-state index in [9.17, 15) is 4.79 Å². The molecule has 148 valence electrons. The summed E-state index contributed by atoms with van der Waals surface area (Å²) in [5.74, 6) is 2.12. The van der Waals surface area contributed by atoms with E-state index in [-0.39, 0.29) is 17.9 Å². The first-order valence-electron chi connectivity index (χ1n) is 9.98. The maximum Gasteiger partial charge on any atom is 0.263 e. The van der Waals surface area contributed by atoms with Crippen LogP contribution in [0.5, 0.6) is 11.6 Å². The van der Waals surface area contributed by atoms with Gasteiger partial charge in [0.25, 0.3) is 5.88 Å². The van der Waals surface area contributed by atoms with Crippen molar-refractivity contribution in [2.45, 2.75) is 31.8 Å². The number of hydrogen-bond acceptors (Lipinski definition) is 6. The SMILES string of the molecule is O=C(NCC1CCCO1)C1CCN(c2nccnc2Oc2ccccc2)CC1. The third-order valence-corrected chi connectivity index (χ3v) is 5.30. The highest BCUT2D eigenvalue weighted by molar-refractivity contribution is 5.79. The largest absolute Gasteiger partial charge is 0.436 e. The van der Waals surface area contributed by atoms with Gasteiger partial charge in [0.1, 0.15) is 5.75 Å². The molecular weight excluding hydrogens is 356 g/mol. The van der Waals surface area contributed by atoms with Crippen molar-refractivity contribution in [2.24, 2.45) is 5.92 Å². The van der Waals surface area contributed by atoms with Gasteiger partial charge in [0.15, 0.2) is 5.82 Å². The summed E-state index contributed by atoms with van der Waals surface area (Å²) in [7, 11) is 0. The van der Waals surface area contributed by atoms with Crippen molar-refractivity contribution in [2.75, 3.05) is 31.1 Å². The molecule has 2 saturated heterocycles. The van der Waals surface area contributed by atoms with Crippen LogP contribution in [0.1, 0.15) is 25.7 Å². The van der Waals surface area contributed by atoms with Gasteiger partial charge < -0.3 is 19.7 Å². The molecule has 0 aliphatic carbocycles. The van der Waals surface area contributed by atoms with E-state index in [0.29, 0.717) is 12.4 Å². The van der Waals surface area contributed by atoms with E-state index in [1.807, 2.05) is 30.3 Å². The molecule has 2 aromatic rings. The molecule has 3 heterocycles. The van der Waals surface area contributed by atoms with Crippen LogP contribution in [-0.4, -0.2) is 48.2 Å². The minimum Gasteiger partial charge on any atom is -0.436 e. The molecule has 1 amide bonds. The number of hydrogen-bond donors (Lipinski definition) is 1. The Morgan fingerprint density at radius 2 is 1.93 bits per heavy atom. The topological polar surface area (TPSA) is 76.6 Å². The zero-order chi connectivity index (χ0) is 19.2. The summed E-state index contributed by atoms with van der Waals surface area (Å²) in [6.45, 7) is 2.94. The Kier molecular flexibility index (Phi) is 6.01. The Balaban J connectivity index is 1.33. The number of ether oxygens (including phenoxy) is 2. The van der Waals surface area contributed by atoms with Gasteiger partial charge in [-0.05, 0) is 37.8 Å². The number of amides is 1. The molecule has 1 N–H and O–H groups in total. The number of nitrogens with one attached hydrogen (secondary N) is 1. The lowest BCUT2D eigenvalue weighted by Crippen LogP contribution is -2.42. The normalized spacial score (nSPS) is 20.1.